The topological polar surface area (TPSA) is 64.0 Å². The summed E-state index contributed by atoms with van der Waals surface area (Å²) in [5.41, 5.74) is 1.39. The zero-order valence-corrected chi connectivity index (χ0v) is 16.7. The predicted octanol–water partition coefficient (Wildman–Crippen LogP) is 3.71. The molecule has 1 aromatic heterocycles. The van der Waals surface area contributed by atoms with Crippen LogP contribution in [0.4, 0.5) is 0 Å². The number of fused-ring (bicyclic) bond motifs is 1. The number of amides is 1. The molecular formula is C20H20ClN3O2S. The molecule has 0 fully saturated rings. The Labute approximate surface area is 166 Å². The van der Waals surface area contributed by atoms with Crippen LogP contribution in [0.3, 0.4) is 0 Å². The molecule has 0 spiro atoms. The largest absolute Gasteiger partial charge is 0.353 e. The fourth-order valence-electron chi connectivity index (χ4n) is 2.71. The van der Waals surface area contributed by atoms with Gasteiger partial charge < -0.3 is 5.32 Å². The maximum atomic E-state index is 13.0. The predicted molar refractivity (Wildman–Crippen MR) is 111 cm³/mol. The first kappa shape index (κ1) is 19.5. The van der Waals surface area contributed by atoms with Gasteiger partial charge in [-0.05, 0) is 43.7 Å². The molecule has 0 aliphatic rings. The molecule has 0 atom stereocenters. The highest BCUT2D eigenvalue weighted by molar-refractivity contribution is 7.99. The highest BCUT2D eigenvalue weighted by atomic mass is 35.5. The molecule has 27 heavy (non-hydrogen) atoms. The molecule has 3 aromatic rings. The molecule has 0 saturated carbocycles. The van der Waals surface area contributed by atoms with E-state index in [9.17, 15) is 9.59 Å². The van der Waals surface area contributed by atoms with E-state index in [1.807, 2.05) is 44.2 Å². The Kier molecular flexibility index (Phi) is 6.19. The number of para-hydroxylation sites is 1. The van der Waals surface area contributed by atoms with Crippen LogP contribution in [0.25, 0.3) is 10.9 Å². The van der Waals surface area contributed by atoms with Crippen LogP contribution >= 0.6 is 23.4 Å². The summed E-state index contributed by atoms with van der Waals surface area (Å²) in [6.07, 6.45) is 0. The highest BCUT2D eigenvalue weighted by Crippen LogP contribution is 2.20. The van der Waals surface area contributed by atoms with Crippen molar-refractivity contribution in [1.29, 1.82) is 0 Å². The second-order valence-electron chi connectivity index (χ2n) is 6.44. The van der Waals surface area contributed by atoms with Crippen LogP contribution in [0.2, 0.25) is 5.02 Å². The van der Waals surface area contributed by atoms with E-state index in [1.54, 1.807) is 22.8 Å². The molecule has 5 nitrogen and oxygen atoms in total. The van der Waals surface area contributed by atoms with Gasteiger partial charge >= 0.3 is 0 Å². The first-order valence-corrected chi connectivity index (χ1v) is 9.96. The zero-order chi connectivity index (χ0) is 19.4. The van der Waals surface area contributed by atoms with Crippen molar-refractivity contribution < 1.29 is 4.79 Å². The maximum absolute atomic E-state index is 13.0. The number of rotatable bonds is 6. The summed E-state index contributed by atoms with van der Waals surface area (Å²) in [6, 6.07) is 14.7. The minimum atomic E-state index is -0.132. The van der Waals surface area contributed by atoms with Gasteiger partial charge in [-0.3, -0.25) is 14.2 Å². The summed E-state index contributed by atoms with van der Waals surface area (Å²) in [5, 5.41) is 4.52. The van der Waals surface area contributed by atoms with E-state index in [1.165, 1.54) is 11.8 Å². The van der Waals surface area contributed by atoms with Crippen LogP contribution in [-0.2, 0) is 11.3 Å². The Morgan fingerprint density at radius 1 is 1.22 bits per heavy atom. The molecule has 3 rings (SSSR count). The van der Waals surface area contributed by atoms with Crippen molar-refractivity contribution in [2.75, 3.05) is 5.75 Å². The van der Waals surface area contributed by atoms with E-state index < -0.39 is 0 Å². The van der Waals surface area contributed by atoms with E-state index in [4.69, 9.17) is 11.6 Å². The summed E-state index contributed by atoms with van der Waals surface area (Å²) in [5.74, 6) is 0.102. The van der Waals surface area contributed by atoms with Gasteiger partial charge in [0.15, 0.2) is 5.16 Å². The normalized spacial score (nSPS) is 11.1. The molecule has 0 aliphatic carbocycles. The van der Waals surface area contributed by atoms with Crippen molar-refractivity contribution in [2.24, 2.45) is 0 Å². The second-order valence-corrected chi connectivity index (χ2v) is 7.82. The number of nitrogens with one attached hydrogen (secondary N) is 1. The van der Waals surface area contributed by atoms with Gasteiger partial charge in [0.05, 0.1) is 23.2 Å². The number of carbonyl (C=O) groups excluding carboxylic acids is 1. The van der Waals surface area contributed by atoms with Crippen molar-refractivity contribution in [3.63, 3.8) is 0 Å². The molecule has 0 bridgehead atoms. The third-order valence-corrected chi connectivity index (χ3v) is 5.05. The third-order valence-electron chi connectivity index (χ3n) is 3.84. The summed E-state index contributed by atoms with van der Waals surface area (Å²) < 4.78 is 1.60. The summed E-state index contributed by atoms with van der Waals surface area (Å²) in [7, 11) is 0. The van der Waals surface area contributed by atoms with Crippen molar-refractivity contribution >= 4 is 40.2 Å². The van der Waals surface area contributed by atoms with Gasteiger partial charge in [-0.25, -0.2) is 4.98 Å². The van der Waals surface area contributed by atoms with Gasteiger partial charge in [0.1, 0.15) is 0 Å². The highest BCUT2D eigenvalue weighted by Gasteiger charge is 2.14. The number of thioether (sulfide) groups is 1. The first-order valence-electron chi connectivity index (χ1n) is 8.60. The van der Waals surface area contributed by atoms with E-state index in [0.29, 0.717) is 27.6 Å². The van der Waals surface area contributed by atoms with E-state index in [0.717, 1.165) is 5.56 Å². The average Bonchev–Trinajstić information content (AvgIpc) is 2.62. The Bertz CT molecular complexity index is 1030. The van der Waals surface area contributed by atoms with Gasteiger partial charge in [-0.15, -0.1) is 0 Å². The zero-order valence-electron chi connectivity index (χ0n) is 15.1. The lowest BCUT2D eigenvalue weighted by atomic mass is 10.2. The van der Waals surface area contributed by atoms with Gasteiger partial charge in [0.2, 0.25) is 5.91 Å². The second kappa shape index (κ2) is 8.59. The molecule has 1 N–H and O–H groups in total. The smallest absolute Gasteiger partial charge is 0.262 e. The number of nitrogens with zero attached hydrogens (tertiary/aromatic N) is 2. The van der Waals surface area contributed by atoms with Crippen molar-refractivity contribution in [3.8, 4) is 0 Å². The SMILES string of the molecule is CC(C)NC(=O)CSc1nc2ccccc2c(=O)n1Cc1cccc(Cl)c1. The van der Waals surface area contributed by atoms with Crippen LogP contribution in [0.1, 0.15) is 19.4 Å². The molecule has 0 saturated heterocycles. The number of halogens is 1. The van der Waals surface area contributed by atoms with E-state index >= 15 is 0 Å². The third kappa shape index (κ3) is 4.90. The molecule has 7 heteroatoms. The van der Waals surface area contributed by atoms with Crippen LogP contribution in [0.5, 0.6) is 0 Å². The Morgan fingerprint density at radius 3 is 2.74 bits per heavy atom. The average molecular weight is 402 g/mol. The van der Waals surface area contributed by atoms with Gasteiger partial charge in [-0.1, -0.05) is 47.6 Å². The number of carbonyl (C=O) groups is 1. The lowest BCUT2D eigenvalue weighted by Crippen LogP contribution is -2.32. The van der Waals surface area contributed by atoms with Crippen LogP contribution < -0.4 is 10.9 Å². The van der Waals surface area contributed by atoms with E-state index in [-0.39, 0.29) is 23.3 Å². The fourth-order valence-corrected chi connectivity index (χ4v) is 3.73. The Morgan fingerprint density at radius 2 is 2.00 bits per heavy atom. The van der Waals surface area contributed by atoms with E-state index in [2.05, 4.69) is 10.3 Å². The van der Waals surface area contributed by atoms with Gasteiger partial charge in [-0.2, -0.15) is 0 Å². The van der Waals surface area contributed by atoms with Crippen LogP contribution in [0, 0.1) is 0 Å². The van der Waals surface area contributed by atoms with Crippen LogP contribution in [0.15, 0.2) is 58.5 Å². The molecule has 0 unspecified atom stereocenters. The molecule has 0 radical (unpaired) electrons. The maximum Gasteiger partial charge on any atom is 0.262 e. The van der Waals surface area contributed by atoms with Crippen LogP contribution in [-0.4, -0.2) is 27.3 Å². The lowest BCUT2D eigenvalue weighted by molar-refractivity contribution is -0.119. The molecule has 140 valence electrons. The number of hydrogen-bond acceptors (Lipinski definition) is 4. The molecular weight excluding hydrogens is 382 g/mol. The molecule has 1 heterocycles. The van der Waals surface area contributed by atoms with Crippen molar-refractivity contribution in [3.05, 3.63) is 69.5 Å². The summed E-state index contributed by atoms with van der Waals surface area (Å²) >= 11 is 7.33. The van der Waals surface area contributed by atoms with Crippen molar-refractivity contribution in [1.82, 2.24) is 14.9 Å². The Hall–Kier alpha value is -2.31. The Balaban J connectivity index is 1.99. The number of aromatic nitrogens is 2. The molecule has 0 aliphatic heterocycles. The van der Waals surface area contributed by atoms with Gasteiger partial charge in [0, 0.05) is 11.1 Å². The molecule has 1 amide bonds. The van der Waals surface area contributed by atoms with Gasteiger partial charge in [0.25, 0.3) is 5.56 Å². The number of hydrogen-bond donors (Lipinski definition) is 1. The summed E-state index contributed by atoms with van der Waals surface area (Å²) in [6.45, 7) is 4.16. The number of benzene rings is 2. The quantitative estimate of drug-likeness (QED) is 0.505. The van der Waals surface area contributed by atoms with Crippen molar-refractivity contribution in [2.45, 2.75) is 31.6 Å². The first-order chi connectivity index (χ1) is 12.9. The minimum Gasteiger partial charge on any atom is -0.353 e. The molecule has 2 aromatic carbocycles. The lowest BCUT2D eigenvalue weighted by Gasteiger charge is -2.14. The minimum absolute atomic E-state index is 0.0660. The fraction of sp³-hybridized carbons (Fsp3) is 0.250. The monoisotopic (exact) mass is 401 g/mol. The standard InChI is InChI=1S/C20H20ClN3O2S/c1-13(2)22-18(25)12-27-20-23-17-9-4-3-8-16(17)19(26)24(20)11-14-6-5-7-15(21)10-14/h3-10,13H,11-12H2,1-2H3,(H,22,25). The summed E-state index contributed by atoms with van der Waals surface area (Å²) in [4.78, 5) is 29.7.